The fraction of sp³-hybridized carbons (Fsp3) is 0.636. The molecule has 19 heavy (non-hydrogen) atoms. The summed E-state index contributed by atoms with van der Waals surface area (Å²) < 4.78 is 40.0. The number of aromatic carboxylic acids is 1. The van der Waals surface area contributed by atoms with Crippen molar-refractivity contribution in [2.24, 2.45) is 0 Å². The van der Waals surface area contributed by atoms with Crippen LogP contribution in [-0.2, 0) is 11.2 Å². The predicted molar refractivity (Wildman–Crippen MR) is 61.6 cm³/mol. The highest BCUT2D eigenvalue weighted by atomic mass is 32.1. The molecule has 0 spiro atoms. The van der Waals surface area contributed by atoms with Gasteiger partial charge in [0.05, 0.1) is 17.3 Å². The van der Waals surface area contributed by atoms with Crippen LogP contribution in [0.3, 0.4) is 0 Å². The molecule has 0 unspecified atom stereocenters. The molecule has 1 aliphatic rings. The van der Waals surface area contributed by atoms with Gasteiger partial charge in [-0.05, 0) is 12.8 Å². The Morgan fingerprint density at radius 2 is 2.16 bits per heavy atom. The first-order valence-electron chi connectivity index (χ1n) is 5.74. The van der Waals surface area contributed by atoms with Gasteiger partial charge in [0.1, 0.15) is 11.5 Å². The molecule has 8 heteroatoms. The van der Waals surface area contributed by atoms with Crippen LogP contribution < -0.4 is 0 Å². The highest BCUT2D eigenvalue weighted by molar-refractivity contribution is 7.13. The topological polar surface area (TPSA) is 59.4 Å². The number of aromatic nitrogens is 1. The smallest absolute Gasteiger partial charge is 0.411 e. The maximum absolute atomic E-state index is 11.9. The lowest BCUT2D eigenvalue weighted by Crippen LogP contribution is -2.17. The summed E-state index contributed by atoms with van der Waals surface area (Å²) in [5.41, 5.74) is 0.573. The molecule has 0 saturated heterocycles. The van der Waals surface area contributed by atoms with Crippen LogP contribution in [-0.4, -0.2) is 35.4 Å². The Morgan fingerprint density at radius 3 is 2.68 bits per heavy atom. The Kier molecular flexibility index (Phi) is 4.10. The van der Waals surface area contributed by atoms with Crippen molar-refractivity contribution in [2.45, 2.75) is 31.4 Å². The molecule has 2 rings (SSSR count). The first-order chi connectivity index (χ1) is 8.87. The molecule has 1 saturated carbocycles. The molecule has 4 nitrogen and oxygen atoms in total. The van der Waals surface area contributed by atoms with Crippen molar-refractivity contribution in [1.29, 1.82) is 0 Å². The number of hydrogen-bond donors (Lipinski definition) is 1. The summed E-state index contributed by atoms with van der Waals surface area (Å²) in [6, 6.07) is 0. The number of rotatable bonds is 6. The maximum Gasteiger partial charge on any atom is 0.411 e. The van der Waals surface area contributed by atoms with Crippen LogP contribution in [0, 0.1) is 0 Å². The van der Waals surface area contributed by atoms with Crippen LogP contribution in [0.25, 0.3) is 0 Å². The Labute approximate surface area is 111 Å². The highest BCUT2D eigenvalue weighted by Gasteiger charge is 2.32. The van der Waals surface area contributed by atoms with Crippen molar-refractivity contribution >= 4 is 17.3 Å². The quantitative estimate of drug-likeness (QED) is 0.820. The van der Waals surface area contributed by atoms with Gasteiger partial charge >= 0.3 is 12.1 Å². The molecule has 1 N–H and O–H groups in total. The molecule has 0 radical (unpaired) electrons. The number of halogens is 3. The van der Waals surface area contributed by atoms with Crippen LogP contribution in [0.15, 0.2) is 0 Å². The molecule has 0 atom stereocenters. The minimum absolute atomic E-state index is 0.115. The van der Waals surface area contributed by atoms with Gasteiger partial charge in [-0.25, -0.2) is 9.78 Å². The molecular weight excluding hydrogens is 283 g/mol. The van der Waals surface area contributed by atoms with E-state index in [-0.39, 0.29) is 23.8 Å². The Bertz CT molecular complexity index is 468. The van der Waals surface area contributed by atoms with Crippen molar-refractivity contribution in [2.75, 3.05) is 13.2 Å². The molecular formula is C11H12F3NO3S. The van der Waals surface area contributed by atoms with E-state index in [1.807, 2.05) is 0 Å². The first-order valence-corrected chi connectivity index (χ1v) is 6.56. The van der Waals surface area contributed by atoms with E-state index in [1.54, 1.807) is 0 Å². The molecule has 1 aliphatic carbocycles. The summed E-state index contributed by atoms with van der Waals surface area (Å²) in [5.74, 6) is -0.825. The molecule has 1 heterocycles. The fourth-order valence-electron chi connectivity index (χ4n) is 1.62. The van der Waals surface area contributed by atoms with Crippen molar-refractivity contribution in [3.05, 3.63) is 15.6 Å². The van der Waals surface area contributed by atoms with Crippen LogP contribution >= 0.6 is 11.3 Å². The largest absolute Gasteiger partial charge is 0.477 e. The Morgan fingerprint density at radius 1 is 1.47 bits per heavy atom. The van der Waals surface area contributed by atoms with E-state index in [0.29, 0.717) is 10.7 Å². The minimum atomic E-state index is -4.34. The zero-order chi connectivity index (χ0) is 14.0. The number of thiazole rings is 1. The van der Waals surface area contributed by atoms with Gasteiger partial charge in [-0.15, -0.1) is 11.3 Å². The standard InChI is InChI=1S/C11H12F3NO3S/c12-11(13,14)5-18-4-3-7-15-8(6-1-2-6)9(19-7)10(16)17/h6H,1-5H2,(H,16,17). The van der Waals surface area contributed by atoms with Gasteiger partial charge in [0.2, 0.25) is 0 Å². The molecule has 1 aromatic rings. The molecule has 1 fully saturated rings. The normalized spacial score (nSPS) is 15.7. The van der Waals surface area contributed by atoms with Crippen LogP contribution in [0.4, 0.5) is 13.2 Å². The number of carboxylic acid groups (broad SMARTS) is 1. The van der Waals surface area contributed by atoms with Gasteiger partial charge < -0.3 is 9.84 Å². The van der Waals surface area contributed by atoms with Gasteiger partial charge in [-0.2, -0.15) is 13.2 Å². The van der Waals surface area contributed by atoms with E-state index in [4.69, 9.17) is 5.11 Å². The number of nitrogens with zero attached hydrogens (tertiary/aromatic N) is 1. The average Bonchev–Trinajstić information content (AvgIpc) is 3.04. The van der Waals surface area contributed by atoms with Crippen LogP contribution in [0.1, 0.15) is 39.1 Å². The van der Waals surface area contributed by atoms with Crippen molar-refractivity contribution in [1.82, 2.24) is 4.98 Å². The van der Waals surface area contributed by atoms with Gasteiger partial charge in [0.15, 0.2) is 0 Å². The zero-order valence-corrected chi connectivity index (χ0v) is 10.7. The Balaban J connectivity index is 1.90. The lowest BCUT2D eigenvalue weighted by atomic mass is 10.2. The van der Waals surface area contributed by atoms with E-state index < -0.39 is 18.8 Å². The highest BCUT2D eigenvalue weighted by Crippen LogP contribution is 2.42. The second-order valence-corrected chi connectivity index (χ2v) is 5.40. The molecule has 0 aliphatic heterocycles. The number of carbonyl (C=O) groups is 1. The van der Waals surface area contributed by atoms with Crippen molar-refractivity contribution in [3.8, 4) is 0 Å². The SMILES string of the molecule is O=C(O)c1sc(CCOCC(F)(F)F)nc1C1CC1. The maximum atomic E-state index is 11.9. The molecule has 0 aromatic carbocycles. The monoisotopic (exact) mass is 295 g/mol. The van der Waals surface area contributed by atoms with Gasteiger partial charge in [0.25, 0.3) is 0 Å². The second kappa shape index (κ2) is 5.46. The Hall–Kier alpha value is -1.15. The zero-order valence-electron chi connectivity index (χ0n) is 9.87. The summed E-state index contributed by atoms with van der Waals surface area (Å²) in [6.45, 7) is -1.41. The number of ether oxygens (including phenoxy) is 1. The number of carboxylic acids is 1. The summed E-state index contributed by atoms with van der Waals surface area (Å²) in [7, 11) is 0. The third-order valence-electron chi connectivity index (χ3n) is 2.58. The fourth-order valence-corrected chi connectivity index (χ4v) is 2.59. The third-order valence-corrected chi connectivity index (χ3v) is 3.70. The van der Waals surface area contributed by atoms with Gasteiger partial charge in [-0.3, -0.25) is 0 Å². The predicted octanol–water partition coefficient (Wildman–Crippen LogP) is 2.84. The summed E-state index contributed by atoms with van der Waals surface area (Å²) >= 11 is 1.02. The molecule has 106 valence electrons. The molecule has 0 amide bonds. The summed E-state index contributed by atoms with van der Waals surface area (Å²) in [5, 5.41) is 9.54. The van der Waals surface area contributed by atoms with E-state index in [0.717, 1.165) is 24.2 Å². The van der Waals surface area contributed by atoms with Gasteiger partial charge in [0, 0.05) is 12.3 Å². The number of hydrogen-bond acceptors (Lipinski definition) is 4. The van der Waals surface area contributed by atoms with E-state index in [2.05, 4.69) is 9.72 Å². The summed E-state index contributed by atoms with van der Waals surface area (Å²) in [6.07, 6.45) is -2.29. The van der Waals surface area contributed by atoms with Crippen LogP contribution in [0.5, 0.6) is 0 Å². The van der Waals surface area contributed by atoms with E-state index >= 15 is 0 Å². The summed E-state index contributed by atoms with van der Waals surface area (Å²) in [4.78, 5) is 15.4. The van der Waals surface area contributed by atoms with E-state index in [1.165, 1.54) is 0 Å². The average molecular weight is 295 g/mol. The number of alkyl halides is 3. The third kappa shape index (κ3) is 4.17. The van der Waals surface area contributed by atoms with Crippen molar-refractivity contribution < 1.29 is 27.8 Å². The second-order valence-electron chi connectivity index (χ2n) is 4.32. The lowest BCUT2D eigenvalue weighted by molar-refractivity contribution is -0.173. The molecule has 1 aromatic heterocycles. The van der Waals surface area contributed by atoms with Gasteiger partial charge in [-0.1, -0.05) is 0 Å². The van der Waals surface area contributed by atoms with E-state index in [9.17, 15) is 18.0 Å². The lowest BCUT2D eigenvalue weighted by Gasteiger charge is -2.06. The molecule has 0 bridgehead atoms. The van der Waals surface area contributed by atoms with Crippen LogP contribution in [0.2, 0.25) is 0 Å². The first kappa shape index (κ1) is 14.3. The van der Waals surface area contributed by atoms with Crippen molar-refractivity contribution in [3.63, 3.8) is 0 Å². The minimum Gasteiger partial charge on any atom is -0.477 e.